The van der Waals surface area contributed by atoms with Crippen molar-refractivity contribution in [2.75, 3.05) is 14.2 Å². The number of hydrogen-bond donors (Lipinski definition) is 1. The van der Waals surface area contributed by atoms with Crippen molar-refractivity contribution in [1.82, 2.24) is 4.98 Å². The Hall–Kier alpha value is -0.980. The molecule has 6 heteroatoms. The van der Waals surface area contributed by atoms with E-state index in [9.17, 15) is 4.79 Å². The monoisotopic (exact) mass is 230 g/mol. The fourth-order valence-electron chi connectivity index (χ4n) is 1.05. The van der Waals surface area contributed by atoms with Crippen LogP contribution in [0.15, 0.2) is 0 Å². The highest BCUT2D eigenvalue weighted by Crippen LogP contribution is 2.23. The maximum Gasteiger partial charge on any atom is 0.350 e. The van der Waals surface area contributed by atoms with Gasteiger partial charge in [-0.2, -0.15) is 0 Å². The summed E-state index contributed by atoms with van der Waals surface area (Å²) in [5.41, 5.74) is 6.27. The predicted octanol–water partition coefficient (Wildman–Crippen LogP) is 1.10. The summed E-state index contributed by atoms with van der Waals surface area (Å²) in [5.74, 6) is -0.397. The SMILES string of the molecule is COCc1nc(C(C)N)sc1C(=O)OC. The molecule has 0 aliphatic carbocycles. The van der Waals surface area contributed by atoms with E-state index in [2.05, 4.69) is 9.72 Å². The maximum atomic E-state index is 11.4. The minimum absolute atomic E-state index is 0.191. The molecule has 0 aromatic carbocycles. The first-order valence-electron chi connectivity index (χ1n) is 4.42. The van der Waals surface area contributed by atoms with Crippen LogP contribution < -0.4 is 5.73 Å². The van der Waals surface area contributed by atoms with Crippen LogP contribution in [0.3, 0.4) is 0 Å². The van der Waals surface area contributed by atoms with Gasteiger partial charge in [0.2, 0.25) is 0 Å². The van der Waals surface area contributed by atoms with Gasteiger partial charge in [-0.15, -0.1) is 11.3 Å². The molecule has 0 saturated heterocycles. The van der Waals surface area contributed by atoms with Gasteiger partial charge in [0.25, 0.3) is 0 Å². The van der Waals surface area contributed by atoms with Crippen LogP contribution in [-0.2, 0) is 16.1 Å². The van der Waals surface area contributed by atoms with Crippen molar-refractivity contribution in [3.8, 4) is 0 Å². The Bertz CT molecular complexity index is 349. The first-order chi connectivity index (χ1) is 7.10. The van der Waals surface area contributed by atoms with Gasteiger partial charge < -0.3 is 15.2 Å². The summed E-state index contributed by atoms with van der Waals surface area (Å²) in [4.78, 5) is 16.1. The molecule has 0 bridgehead atoms. The number of hydrogen-bond acceptors (Lipinski definition) is 6. The second kappa shape index (κ2) is 5.20. The van der Waals surface area contributed by atoms with Crippen LogP contribution in [0, 0.1) is 0 Å². The average molecular weight is 230 g/mol. The van der Waals surface area contributed by atoms with Crippen LogP contribution in [0.2, 0.25) is 0 Å². The Balaban J connectivity index is 3.05. The fourth-order valence-corrected chi connectivity index (χ4v) is 1.99. The van der Waals surface area contributed by atoms with E-state index < -0.39 is 5.97 Å². The zero-order valence-corrected chi connectivity index (χ0v) is 9.76. The molecule has 1 aromatic heterocycles. The minimum Gasteiger partial charge on any atom is -0.465 e. The van der Waals surface area contributed by atoms with E-state index in [1.54, 1.807) is 7.11 Å². The highest BCUT2D eigenvalue weighted by atomic mass is 32.1. The van der Waals surface area contributed by atoms with Gasteiger partial charge in [0, 0.05) is 7.11 Å². The molecule has 84 valence electrons. The van der Waals surface area contributed by atoms with E-state index in [1.165, 1.54) is 18.4 Å². The molecule has 0 radical (unpaired) electrons. The van der Waals surface area contributed by atoms with E-state index in [0.717, 1.165) is 0 Å². The Morgan fingerprint density at radius 2 is 2.27 bits per heavy atom. The molecule has 15 heavy (non-hydrogen) atoms. The minimum atomic E-state index is -0.397. The van der Waals surface area contributed by atoms with Crippen LogP contribution >= 0.6 is 11.3 Å². The summed E-state index contributed by atoms with van der Waals surface area (Å²) in [5, 5.41) is 0.711. The van der Waals surface area contributed by atoms with Crippen molar-refractivity contribution in [2.45, 2.75) is 19.6 Å². The van der Waals surface area contributed by atoms with Crippen LogP contribution in [0.5, 0.6) is 0 Å². The normalized spacial score (nSPS) is 12.5. The molecule has 0 spiro atoms. The van der Waals surface area contributed by atoms with Gasteiger partial charge in [0.1, 0.15) is 9.88 Å². The van der Waals surface area contributed by atoms with Crippen LogP contribution in [0.25, 0.3) is 0 Å². The molecule has 0 fully saturated rings. The zero-order chi connectivity index (χ0) is 11.4. The standard InChI is InChI=1S/C9H14N2O3S/c1-5(10)8-11-6(4-13-2)7(15-8)9(12)14-3/h5H,4,10H2,1-3H3. The third kappa shape index (κ3) is 2.74. The lowest BCUT2D eigenvalue weighted by Crippen LogP contribution is -2.05. The summed E-state index contributed by atoms with van der Waals surface area (Å²) in [6.07, 6.45) is 0. The van der Waals surface area contributed by atoms with E-state index >= 15 is 0 Å². The third-order valence-corrected chi connectivity index (χ3v) is 3.03. The number of rotatable bonds is 4. The van der Waals surface area contributed by atoms with Gasteiger partial charge in [-0.1, -0.05) is 0 Å². The van der Waals surface area contributed by atoms with Gasteiger partial charge in [0.05, 0.1) is 25.5 Å². The molecule has 0 aliphatic heterocycles. The number of esters is 1. The number of methoxy groups -OCH3 is 2. The molecule has 1 unspecified atom stereocenters. The maximum absolute atomic E-state index is 11.4. The highest BCUT2D eigenvalue weighted by Gasteiger charge is 2.19. The van der Waals surface area contributed by atoms with Crippen molar-refractivity contribution < 1.29 is 14.3 Å². The van der Waals surface area contributed by atoms with Crippen LogP contribution in [-0.4, -0.2) is 25.2 Å². The number of carbonyl (C=O) groups excluding carboxylic acids is 1. The van der Waals surface area contributed by atoms with Crippen molar-refractivity contribution in [3.05, 3.63) is 15.6 Å². The quantitative estimate of drug-likeness (QED) is 0.784. The number of nitrogens with zero attached hydrogens (tertiary/aromatic N) is 1. The van der Waals surface area contributed by atoms with Gasteiger partial charge in [0.15, 0.2) is 0 Å². The first-order valence-corrected chi connectivity index (χ1v) is 5.24. The topological polar surface area (TPSA) is 74.4 Å². The van der Waals surface area contributed by atoms with Gasteiger partial charge in [-0.3, -0.25) is 0 Å². The van der Waals surface area contributed by atoms with Crippen molar-refractivity contribution in [1.29, 1.82) is 0 Å². The second-order valence-electron chi connectivity index (χ2n) is 3.04. The largest absolute Gasteiger partial charge is 0.465 e. The number of nitrogens with two attached hydrogens (primary N) is 1. The molecule has 2 N–H and O–H groups in total. The molecule has 5 nitrogen and oxygen atoms in total. The summed E-state index contributed by atoms with van der Waals surface area (Å²) < 4.78 is 9.60. The predicted molar refractivity (Wildman–Crippen MR) is 56.8 cm³/mol. The third-order valence-electron chi connectivity index (χ3n) is 1.76. The molecule has 1 heterocycles. The lowest BCUT2D eigenvalue weighted by atomic mass is 10.3. The number of carbonyl (C=O) groups is 1. The number of ether oxygens (including phenoxy) is 2. The lowest BCUT2D eigenvalue weighted by Gasteiger charge is -1.98. The summed E-state index contributed by atoms with van der Waals surface area (Å²) in [6.45, 7) is 2.10. The molecule has 0 amide bonds. The van der Waals surface area contributed by atoms with E-state index in [0.29, 0.717) is 15.6 Å². The van der Waals surface area contributed by atoms with Gasteiger partial charge in [-0.05, 0) is 6.92 Å². The summed E-state index contributed by atoms with van der Waals surface area (Å²) >= 11 is 1.25. The highest BCUT2D eigenvalue weighted by molar-refractivity contribution is 7.13. The summed E-state index contributed by atoms with van der Waals surface area (Å²) in [6, 6.07) is -0.191. The van der Waals surface area contributed by atoms with Crippen LogP contribution in [0.4, 0.5) is 0 Å². The van der Waals surface area contributed by atoms with Crippen molar-refractivity contribution in [3.63, 3.8) is 0 Å². The van der Waals surface area contributed by atoms with Gasteiger partial charge in [-0.25, -0.2) is 9.78 Å². The Morgan fingerprint density at radius 3 is 2.73 bits per heavy atom. The molecule has 0 saturated carbocycles. The molecule has 0 aliphatic rings. The van der Waals surface area contributed by atoms with E-state index in [-0.39, 0.29) is 12.6 Å². The van der Waals surface area contributed by atoms with Crippen molar-refractivity contribution >= 4 is 17.3 Å². The summed E-state index contributed by atoms with van der Waals surface area (Å²) in [7, 11) is 2.89. The molecule has 1 rings (SSSR count). The molecule has 1 aromatic rings. The Kier molecular flexibility index (Phi) is 4.19. The first kappa shape index (κ1) is 12.1. The number of thiazole rings is 1. The van der Waals surface area contributed by atoms with Crippen LogP contribution in [0.1, 0.15) is 33.3 Å². The molecular formula is C9H14N2O3S. The van der Waals surface area contributed by atoms with E-state index in [1.807, 2.05) is 6.92 Å². The Labute approximate surface area is 92.2 Å². The van der Waals surface area contributed by atoms with Gasteiger partial charge >= 0.3 is 5.97 Å². The fraction of sp³-hybridized carbons (Fsp3) is 0.556. The second-order valence-corrected chi connectivity index (χ2v) is 4.07. The average Bonchev–Trinajstić information content (AvgIpc) is 2.61. The number of aromatic nitrogens is 1. The zero-order valence-electron chi connectivity index (χ0n) is 8.94. The lowest BCUT2D eigenvalue weighted by molar-refractivity contribution is 0.0601. The van der Waals surface area contributed by atoms with E-state index in [4.69, 9.17) is 10.5 Å². The smallest absolute Gasteiger partial charge is 0.350 e. The molecule has 1 atom stereocenters. The van der Waals surface area contributed by atoms with Crippen molar-refractivity contribution in [2.24, 2.45) is 5.73 Å². The molecular weight excluding hydrogens is 216 g/mol. The Morgan fingerprint density at radius 1 is 1.60 bits per heavy atom.